The summed E-state index contributed by atoms with van der Waals surface area (Å²) in [5, 5.41) is 11.1. The second-order valence-electron chi connectivity index (χ2n) is 11.8. The smallest absolute Gasteiger partial charge is 0.226 e. The highest BCUT2D eigenvalue weighted by Gasteiger charge is 2.28. The lowest BCUT2D eigenvalue weighted by molar-refractivity contribution is 0.183. The molecule has 1 N–H and O–H groups in total. The van der Waals surface area contributed by atoms with Gasteiger partial charge in [-0.25, -0.2) is 4.98 Å². The van der Waals surface area contributed by atoms with Gasteiger partial charge in [0.2, 0.25) is 5.89 Å². The Hall–Kier alpha value is -2.50. The minimum Gasteiger partial charge on any atom is -0.507 e. The van der Waals surface area contributed by atoms with E-state index in [2.05, 4.69) is 60.4 Å². The molecular formula is C31H45ClN2O3. The van der Waals surface area contributed by atoms with E-state index in [4.69, 9.17) is 14.1 Å². The number of ether oxygens (including phenoxy) is 1. The highest BCUT2D eigenvalue weighted by Crippen LogP contribution is 2.42. The van der Waals surface area contributed by atoms with E-state index in [1.807, 2.05) is 42.5 Å². The van der Waals surface area contributed by atoms with Crippen molar-refractivity contribution in [3.8, 4) is 23.0 Å². The number of nitrogens with zero attached hydrogens (tertiary/aromatic N) is 2. The average molecular weight is 529 g/mol. The molecule has 0 aliphatic heterocycles. The van der Waals surface area contributed by atoms with Crippen LogP contribution >= 0.6 is 12.4 Å². The molecule has 0 aliphatic rings. The summed E-state index contributed by atoms with van der Waals surface area (Å²) in [6.07, 6.45) is 4.52. The van der Waals surface area contributed by atoms with E-state index in [0.29, 0.717) is 11.6 Å². The van der Waals surface area contributed by atoms with Crippen LogP contribution in [0.4, 0.5) is 0 Å². The Morgan fingerprint density at radius 2 is 1.57 bits per heavy atom. The van der Waals surface area contributed by atoms with Crippen LogP contribution in [0.15, 0.2) is 53.1 Å². The van der Waals surface area contributed by atoms with Gasteiger partial charge in [-0.3, -0.25) is 0 Å². The summed E-state index contributed by atoms with van der Waals surface area (Å²) in [7, 11) is 2.15. The monoisotopic (exact) mass is 528 g/mol. The lowest BCUT2D eigenvalue weighted by Crippen LogP contribution is -2.19. The first-order valence-corrected chi connectivity index (χ1v) is 13.1. The van der Waals surface area contributed by atoms with Crippen LogP contribution < -0.4 is 4.74 Å². The number of phenolic OH excluding ortho intramolecular Hbond substituents is 1. The summed E-state index contributed by atoms with van der Waals surface area (Å²) in [6.45, 7) is 17.0. The fourth-order valence-corrected chi connectivity index (χ4v) is 4.27. The molecule has 3 aromatic rings. The topological polar surface area (TPSA) is 58.7 Å². The summed E-state index contributed by atoms with van der Waals surface area (Å²) >= 11 is 0. The van der Waals surface area contributed by atoms with Crippen molar-refractivity contribution in [2.45, 2.75) is 84.7 Å². The Bertz CT molecular complexity index is 1080. The molecule has 0 saturated heterocycles. The van der Waals surface area contributed by atoms with Gasteiger partial charge in [0.05, 0.1) is 0 Å². The number of phenols is 1. The molecule has 0 bridgehead atoms. The lowest BCUT2D eigenvalue weighted by atomic mass is 9.78. The Kier molecular flexibility index (Phi) is 10.7. The van der Waals surface area contributed by atoms with Gasteiger partial charge in [0.1, 0.15) is 29.6 Å². The molecule has 0 radical (unpaired) electrons. The molecular weight excluding hydrogens is 484 g/mol. The summed E-state index contributed by atoms with van der Waals surface area (Å²) in [4.78, 5) is 7.22. The quantitative estimate of drug-likeness (QED) is 0.268. The predicted octanol–water partition coefficient (Wildman–Crippen LogP) is 8.31. The maximum absolute atomic E-state index is 11.1. The molecule has 1 aromatic heterocycles. The molecule has 1 atom stereocenters. The Balaban J connectivity index is 0.00000481. The number of halogens is 1. The van der Waals surface area contributed by atoms with Crippen LogP contribution in [0.3, 0.4) is 0 Å². The van der Waals surface area contributed by atoms with E-state index in [0.717, 1.165) is 60.5 Å². The van der Waals surface area contributed by atoms with Crippen LogP contribution in [0.25, 0.3) is 11.5 Å². The average Bonchev–Trinajstić information content (AvgIpc) is 3.30. The van der Waals surface area contributed by atoms with Gasteiger partial charge >= 0.3 is 0 Å². The SMILES string of the molecule is CCN(C)CCCCC(Oc1ccccc1)c1coc(-c2cc(C(C)(C)C)c(O)c(C(C)(C)C)c2)n1.Cl. The first-order valence-electron chi connectivity index (χ1n) is 13.1. The van der Waals surface area contributed by atoms with Crippen molar-refractivity contribution in [2.75, 3.05) is 20.1 Å². The van der Waals surface area contributed by atoms with Gasteiger partial charge in [-0.05, 0) is 74.5 Å². The number of para-hydroxylation sites is 1. The summed E-state index contributed by atoms with van der Waals surface area (Å²) in [5.74, 6) is 1.73. The third-order valence-electron chi connectivity index (χ3n) is 6.64. The normalized spacial score (nSPS) is 12.9. The largest absolute Gasteiger partial charge is 0.507 e. The second kappa shape index (κ2) is 12.8. The molecule has 204 valence electrons. The number of hydrogen-bond acceptors (Lipinski definition) is 5. The molecule has 0 fully saturated rings. The Morgan fingerprint density at radius 3 is 2.11 bits per heavy atom. The van der Waals surface area contributed by atoms with Crippen LogP contribution in [0.2, 0.25) is 0 Å². The first-order chi connectivity index (χ1) is 16.9. The van der Waals surface area contributed by atoms with Gasteiger partial charge in [-0.15, -0.1) is 12.4 Å². The molecule has 37 heavy (non-hydrogen) atoms. The molecule has 3 rings (SSSR count). The highest BCUT2D eigenvalue weighted by molar-refractivity contribution is 5.85. The third-order valence-corrected chi connectivity index (χ3v) is 6.64. The third kappa shape index (κ3) is 8.24. The van der Waals surface area contributed by atoms with Gasteiger partial charge in [-0.2, -0.15) is 0 Å². The van der Waals surface area contributed by atoms with Gasteiger partial charge < -0.3 is 19.2 Å². The molecule has 0 saturated carbocycles. The molecule has 1 unspecified atom stereocenters. The lowest BCUT2D eigenvalue weighted by Gasteiger charge is -2.27. The van der Waals surface area contributed by atoms with E-state index in [9.17, 15) is 5.11 Å². The molecule has 0 amide bonds. The zero-order valence-electron chi connectivity index (χ0n) is 23.8. The van der Waals surface area contributed by atoms with Crippen LogP contribution in [0, 0.1) is 0 Å². The summed E-state index contributed by atoms with van der Waals surface area (Å²) in [5.41, 5.74) is 3.00. The predicted molar refractivity (Wildman–Crippen MR) is 155 cm³/mol. The van der Waals surface area contributed by atoms with Crippen molar-refractivity contribution in [3.05, 3.63) is 65.5 Å². The van der Waals surface area contributed by atoms with Crippen molar-refractivity contribution >= 4 is 12.4 Å². The Labute approximate surface area is 229 Å². The van der Waals surface area contributed by atoms with Gasteiger partial charge in [0.15, 0.2) is 0 Å². The molecule has 0 aliphatic carbocycles. The van der Waals surface area contributed by atoms with Crippen molar-refractivity contribution in [2.24, 2.45) is 0 Å². The van der Waals surface area contributed by atoms with Crippen molar-refractivity contribution in [3.63, 3.8) is 0 Å². The van der Waals surface area contributed by atoms with E-state index in [1.54, 1.807) is 6.26 Å². The number of rotatable bonds is 10. The maximum atomic E-state index is 11.1. The van der Waals surface area contributed by atoms with Gasteiger partial charge in [0.25, 0.3) is 0 Å². The van der Waals surface area contributed by atoms with E-state index < -0.39 is 0 Å². The number of oxazole rings is 1. The maximum Gasteiger partial charge on any atom is 0.226 e. The number of benzene rings is 2. The van der Waals surface area contributed by atoms with Crippen molar-refractivity contribution < 1.29 is 14.3 Å². The fraction of sp³-hybridized carbons (Fsp3) is 0.516. The molecule has 5 nitrogen and oxygen atoms in total. The first kappa shape index (κ1) is 30.7. The molecule has 6 heteroatoms. The minimum absolute atomic E-state index is 0. The van der Waals surface area contributed by atoms with Crippen LogP contribution in [0.1, 0.15) is 90.7 Å². The van der Waals surface area contributed by atoms with Crippen molar-refractivity contribution in [1.82, 2.24) is 9.88 Å². The van der Waals surface area contributed by atoms with Gasteiger partial charge in [0, 0.05) is 16.7 Å². The summed E-state index contributed by atoms with van der Waals surface area (Å²) < 4.78 is 12.4. The standard InChI is InChI=1S/C31H44N2O3.ClH/c1-9-33(8)18-14-13-17-27(36-23-15-11-10-12-16-23)26-21-35-29(32-26)22-19-24(30(2,3)4)28(34)25(20-22)31(5,6)7;/h10-12,15-16,19-21,27,34H,9,13-14,17-18H2,1-8H3;1H. The van der Waals surface area contributed by atoms with Crippen LogP contribution in [0.5, 0.6) is 11.5 Å². The van der Waals surface area contributed by atoms with E-state index in [1.165, 1.54) is 0 Å². The zero-order valence-corrected chi connectivity index (χ0v) is 24.6. The molecule has 0 spiro atoms. The van der Waals surface area contributed by atoms with E-state index >= 15 is 0 Å². The minimum atomic E-state index is -0.222. The number of unbranched alkanes of at least 4 members (excludes halogenated alkanes) is 1. The molecule has 1 heterocycles. The van der Waals surface area contributed by atoms with Crippen LogP contribution in [-0.2, 0) is 10.8 Å². The zero-order chi connectivity index (χ0) is 26.5. The second-order valence-corrected chi connectivity index (χ2v) is 11.8. The highest BCUT2D eigenvalue weighted by atomic mass is 35.5. The van der Waals surface area contributed by atoms with Crippen LogP contribution in [-0.4, -0.2) is 35.1 Å². The molecule has 2 aromatic carbocycles. The fourth-order valence-electron chi connectivity index (χ4n) is 4.27. The number of aromatic hydroxyl groups is 1. The van der Waals surface area contributed by atoms with E-state index in [-0.39, 0.29) is 29.3 Å². The summed E-state index contributed by atoms with van der Waals surface area (Å²) in [6, 6.07) is 13.9. The van der Waals surface area contributed by atoms with Crippen molar-refractivity contribution in [1.29, 1.82) is 0 Å². The Morgan fingerprint density at radius 1 is 0.973 bits per heavy atom. The van der Waals surface area contributed by atoms with Gasteiger partial charge in [-0.1, -0.05) is 66.7 Å². The number of aromatic nitrogens is 1. The number of hydrogen-bond donors (Lipinski definition) is 1.